The highest BCUT2D eigenvalue weighted by molar-refractivity contribution is 8.00. The summed E-state index contributed by atoms with van der Waals surface area (Å²) in [6, 6.07) is 12.3. The number of hydrogen-bond donors (Lipinski definition) is 4. The Labute approximate surface area is 156 Å². The van der Waals surface area contributed by atoms with E-state index in [4.69, 9.17) is 10.5 Å². The number of nitrogens with one attached hydrogen (secondary N) is 2. The number of anilines is 2. The van der Waals surface area contributed by atoms with E-state index in [-0.39, 0.29) is 22.8 Å². The Bertz CT molecular complexity index is 783. The molecule has 2 aromatic carbocycles. The summed E-state index contributed by atoms with van der Waals surface area (Å²) in [5.74, 6) is 0.421. The highest BCUT2D eigenvalue weighted by Gasteiger charge is 2.08. The molecule has 0 aliphatic carbocycles. The Morgan fingerprint density at radius 2 is 2.15 bits per heavy atom. The zero-order valence-electron chi connectivity index (χ0n) is 14.6. The summed E-state index contributed by atoms with van der Waals surface area (Å²) in [5, 5.41) is 16.7. The number of amides is 1. The molecule has 0 aliphatic heterocycles. The second kappa shape index (κ2) is 9.57. The largest absolute Gasteiger partial charge is 0.504 e. The molecule has 2 rings (SSSR count). The minimum Gasteiger partial charge on any atom is -0.504 e. The molecule has 0 aromatic heterocycles. The van der Waals surface area contributed by atoms with Crippen LogP contribution in [0.1, 0.15) is 12.5 Å². The summed E-state index contributed by atoms with van der Waals surface area (Å²) >= 11 is 1.44. The summed E-state index contributed by atoms with van der Waals surface area (Å²) in [7, 11) is 1.47. The topological polar surface area (TPSA) is 109 Å². The number of nitrogen functional groups attached to an aromatic ring is 1. The van der Waals surface area contributed by atoms with E-state index in [9.17, 15) is 9.90 Å². The van der Waals surface area contributed by atoms with Crippen molar-refractivity contribution in [3.8, 4) is 11.5 Å². The van der Waals surface area contributed by atoms with Gasteiger partial charge in [0.2, 0.25) is 5.91 Å². The van der Waals surface area contributed by atoms with Crippen molar-refractivity contribution >= 4 is 35.3 Å². The molecule has 0 bridgehead atoms. The number of carbonyl (C=O) groups is 1. The molecule has 0 radical (unpaired) electrons. The highest BCUT2D eigenvalue weighted by atomic mass is 32.2. The first-order valence-corrected chi connectivity index (χ1v) is 8.96. The molecule has 0 saturated carbocycles. The number of hydrazone groups is 1. The average molecular weight is 374 g/mol. The van der Waals surface area contributed by atoms with Crippen molar-refractivity contribution in [2.75, 3.05) is 23.9 Å². The molecule has 0 fully saturated rings. The van der Waals surface area contributed by atoms with Gasteiger partial charge >= 0.3 is 0 Å². The number of benzene rings is 2. The van der Waals surface area contributed by atoms with Gasteiger partial charge < -0.3 is 20.9 Å². The van der Waals surface area contributed by atoms with Crippen LogP contribution in [0.15, 0.2) is 47.6 Å². The van der Waals surface area contributed by atoms with Gasteiger partial charge in [0.1, 0.15) is 0 Å². The molecule has 0 spiro atoms. The smallest absolute Gasteiger partial charge is 0.250 e. The molecule has 0 heterocycles. The minimum atomic E-state index is -0.216. The van der Waals surface area contributed by atoms with Gasteiger partial charge in [-0.3, -0.25) is 4.79 Å². The molecule has 0 saturated heterocycles. The van der Waals surface area contributed by atoms with Crippen molar-refractivity contribution in [1.82, 2.24) is 5.43 Å². The van der Waals surface area contributed by atoms with Crippen LogP contribution in [0.5, 0.6) is 11.5 Å². The van der Waals surface area contributed by atoms with Crippen LogP contribution in [0.25, 0.3) is 0 Å². The first-order chi connectivity index (χ1) is 12.5. The number of aromatic hydroxyl groups is 1. The lowest BCUT2D eigenvalue weighted by atomic mass is 10.2. The molecule has 5 N–H and O–H groups in total. The van der Waals surface area contributed by atoms with Gasteiger partial charge in [-0.2, -0.15) is 5.10 Å². The lowest BCUT2D eigenvalue weighted by Gasteiger charge is -2.15. The van der Waals surface area contributed by atoms with Crippen LogP contribution in [0.2, 0.25) is 0 Å². The van der Waals surface area contributed by atoms with E-state index in [1.807, 2.05) is 31.2 Å². The maximum Gasteiger partial charge on any atom is 0.250 e. The van der Waals surface area contributed by atoms with E-state index in [1.54, 1.807) is 12.1 Å². The molecule has 8 heteroatoms. The van der Waals surface area contributed by atoms with Gasteiger partial charge in [0.15, 0.2) is 11.5 Å². The molecule has 1 unspecified atom stereocenters. The average Bonchev–Trinajstić information content (AvgIpc) is 2.63. The standard InChI is InChI=1S/C18H22N4O3S/c1-12(21-15-6-4-3-5-14(15)19)26-11-18(24)22-20-10-13-7-8-16(23)17(9-13)25-2/h3-10,12,21,23H,11,19H2,1-2H3,(H,22,24)/b20-10+. The third-order valence-corrected chi connectivity index (χ3v) is 4.44. The Morgan fingerprint density at radius 1 is 1.38 bits per heavy atom. The predicted octanol–water partition coefficient (Wildman–Crippen LogP) is 2.62. The van der Waals surface area contributed by atoms with Gasteiger partial charge in [0.25, 0.3) is 0 Å². The summed E-state index contributed by atoms with van der Waals surface area (Å²) in [6.45, 7) is 1.95. The molecule has 1 atom stereocenters. The Balaban J connectivity index is 1.77. The molecule has 26 heavy (non-hydrogen) atoms. The van der Waals surface area contributed by atoms with Gasteiger partial charge in [0.05, 0.1) is 35.8 Å². The summed E-state index contributed by atoms with van der Waals surface area (Å²) in [5.41, 5.74) is 10.6. The van der Waals surface area contributed by atoms with Crippen molar-refractivity contribution in [1.29, 1.82) is 0 Å². The molecule has 1 amide bonds. The number of thioether (sulfide) groups is 1. The van der Waals surface area contributed by atoms with Crippen LogP contribution >= 0.6 is 11.8 Å². The molecular weight excluding hydrogens is 352 g/mol. The van der Waals surface area contributed by atoms with Crippen molar-refractivity contribution < 1.29 is 14.6 Å². The first-order valence-electron chi connectivity index (χ1n) is 7.91. The molecule has 7 nitrogen and oxygen atoms in total. The monoisotopic (exact) mass is 374 g/mol. The van der Waals surface area contributed by atoms with Crippen molar-refractivity contribution in [3.05, 3.63) is 48.0 Å². The van der Waals surface area contributed by atoms with Gasteiger partial charge in [-0.05, 0) is 42.8 Å². The van der Waals surface area contributed by atoms with E-state index in [0.29, 0.717) is 17.0 Å². The van der Waals surface area contributed by atoms with Gasteiger partial charge in [-0.25, -0.2) is 5.43 Å². The van der Waals surface area contributed by atoms with E-state index in [0.717, 1.165) is 5.69 Å². The number of methoxy groups -OCH3 is 1. The van der Waals surface area contributed by atoms with E-state index >= 15 is 0 Å². The molecule has 0 aliphatic rings. The van der Waals surface area contributed by atoms with Gasteiger partial charge in [0, 0.05) is 0 Å². The SMILES string of the molecule is COc1cc(/C=N/NC(=O)CSC(C)Nc2ccccc2N)ccc1O. The number of carbonyl (C=O) groups excluding carboxylic acids is 1. The molecular formula is C18H22N4O3S. The number of rotatable bonds is 8. The number of para-hydroxylation sites is 2. The third kappa shape index (κ3) is 5.89. The highest BCUT2D eigenvalue weighted by Crippen LogP contribution is 2.25. The van der Waals surface area contributed by atoms with Gasteiger partial charge in [-0.15, -0.1) is 11.8 Å². The van der Waals surface area contributed by atoms with E-state index < -0.39 is 0 Å². The first kappa shape index (κ1) is 19.5. The Morgan fingerprint density at radius 3 is 2.88 bits per heavy atom. The fourth-order valence-corrected chi connectivity index (χ4v) is 2.75. The molecule has 138 valence electrons. The maximum absolute atomic E-state index is 11.9. The zero-order valence-corrected chi connectivity index (χ0v) is 15.4. The van der Waals surface area contributed by atoms with E-state index in [1.165, 1.54) is 31.2 Å². The number of phenols is 1. The fourth-order valence-electron chi connectivity index (χ4n) is 2.08. The summed E-state index contributed by atoms with van der Waals surface area (Å²) in [6.07, 6.45) is 1.48. The van der Waals surface area contributed by atoms with Crippen molar-refractivity contribution in [2.24, 2.45) is 5.10 Å². The second-order valence-electron chi connectivity index (χ2n) is 5.41. The lowest BCUT2D eigenvalue weighted by molar-refractivity contribution is -0.118. The Hall–Kier alpha value is -2.87. The number of hydrogen-bond acceptors (Lipinski definition) is 7. The van der Waals surface area contributed by atoms with Crippen LogP contribution in [0.4, 0.5) is 11.4 Å². The molecule has 2 aromatic rings. The summed E-state index contributed by atoms with van der Waals surface area (Å²) in [4.78, 5) is 11.9. The van der Waals surface area contributed by atoms with Gasteiger partial charge in [-0.1, -0.05) is 12.1 Å². The third-order valence-electron chi connectivity index (χ3n) is 3.39. The number of nitrogens with two attached hydrogens (primary N) is 1. The second-order valence-corrected chi connectivity index (χ2v) is 6.74. The number of ether oxygens (including phenoxy) is 1. The maximum atomic E-state index is 11.9. The fraction of sp³-hybridized carbons (Fsp3) is 0.222. The van der Waals surface area contributed by atoms with Crippen molar-refractivity contribution in [2.45, 2.75) is 12.3 Å². The van der Waals surface area contributed by atoms with E-state index in [2.05, 4.69) is 15.8 Å². The van der Waals surface area contributed by atoms with Crippen LogP contribution in [0, 0.1) is 0 Å². The summed E-state index contributed by atoms with van der Waals surface area (Å²) < 4.78 is 5.02. The zero-order chi connectivity index (χ0) is 18.9. The minimum absolute atomic E-state index is 0.00999. The van der Waals surface area contributed by atoms with Crippen LogP contribution in [0.3, 0.4) is 0 Å². The Kier molecular flexibility index (Phi) is 7.16. The lowest BCUT2D eigenvalue weighted by Crippen LogP contribution is -2.22. The van der Waals surface area contributed by atoms with Crippen molar-refractivity contribution in [3.63, 3.8) is 0 Å². The van der Waals surface area contributed by atoms with Crippen LogP contribution < -0.4 is 21.2 Å². The number of nitrogens with zero attached hydrogens (tertiary/aromatic N) is 1. The quantitative estimate of drug-likeness (QED) is 0.245. The van der Waals surface area contributed by atoms with Crippen LogP contribution in [-0.4, -0.2) is 35.5 Å². The number of phenolic OH excluding ortho intramolecular Hbond substituents is 1. The normalized spacial score (nSPS) is 11.9. The van der Waals surface area contributed by atoms with Crippen LogP contribution in [-0.2, 0) is 4.79 Å². The predicted molar refractivity (Wildman–Crippen MR) is 107 cm³/mol.